The van der Waals surface area contributed by atoms with Crippen molar-refractivity contribution < 1.29 is 9.53 Å². The van der Waals surface area contributed by atoms with E-state index in [1.54, 1.807) is 7.05 Å². The standard InChI is InChI=1S/C15H23N3O2/c1-17-15(19)14-4-2-9-18(14)10-3-11-20-13-7-5-12(16)6-8-13/h5-8,14H,2-4,9-11,16H2,1H3,(H,17,19). The van der Waals surface area contributed by atoms with Crippen LogP contribution in [0.25, 0.3) is 0 Å². The number of nitrogen functional groups attached to an aromatic ring is 1. The Morgan fingerprint density at radius 3 is 2.90 bits per heavy atom. The highest BCUT2D eigenvalue weighted by Gasteiger charge is 2.29. The number of carbonyl (C=O) groups excluding carboxylic acids is 1. The van der Waals surface area contributed by atoms with Crippen LogP contribution in [0.2, 0.25) is 0 Å². The number of nitrogens with zero attached hydrogens (tertiary/aromatic N) is 1. The Labute approximate surface area is 120 Å². The lowest BCUT2D eigenvalue weighted by Gasteiger charge is -2.22. The van der Waals surface area contributed by atoms with Crippen molar-refractivity contribution in [1.82, 2.24) is 10.2 Å². The summed E-state index contributed by atoms with van der Waals surface area (Å²) in [4.78, 5) is 14.0. The van der Waals surface area contributed by atoms with E-state index in [0.717, 1.165) is 43.8 Å². The molecule has 1 saturated heterocycles. The van der Waals surface area contributed by atoms with E-state index in [4.69, 9.17) is 10.5 Å². The SMILES string of the molecule is CNC(=O)C1CCCN1CCCOc1ccc(N)cc1. The van der Waals surface area contributed by atoms with Crippen LogP contribution in [0, 0.1) is 0 Å². The number of nitrogens with two attached hydrogens (primary N) is 1. The molecular formula is C15H23N3O2. The van der Waals surface area contributed by atoms with Gasteiger partial charge in [-0.15, -0.1) is 0 Å². The molecule has 1 aromatic carbocycles. The molecule has 1 fully saturated rings. The molecule has 0 bridgehead atoms. The van der Waals surface area contributed by atoms with Crippen molar-refractivity contribution in [2.75, 3.05) is 32.5 Å². The summed E-state index contributed by atoms with van der Waals surface area (Å²) < 4.78 is 5.66. The van der Waals surface area contributed by atoms with Crippen LogP contribution >= 0.6 is 0 Å². The molecule has 1 aromatic rings. The molecule has 0 aromatic heterocycles. The van der Waals surface area contributed by atoms with Crippen molar-refractivity contribution in [1.29, 1.82) is 0 Å². The van der Waals surface area contributed by atoms with E-state index in [1.165, 1.54) is 0 Å². The largest absolute Gasteiger partial charge is 0.494 e. The first-order chi connectivity index (χ1) is 9.70. The number of nitrogens with one attached hydrogen (secondary N) is 1. The normalized spacial score (nSPS) is 18.9. The molecular weight excluding hydrogens is 254 g/mol. The lowest BCUT2D eigenvalue weighted by atomic mass is 10.2. The van der Waals surface area contributed by atoms with Crippen LogP contribution < -0.4 is 15.8 Å². The van der Waals surface area contributed by atoms with Gasteiger partial charge in [-0.05, 0) is 50.1 Å². The van der Waals surface area contributed by atoms with Gasteiger partial charge < -0.3 is 15.8 Å². The summed E-state index contributed by atoms with van der Waals surface area (Å²) in [6, 6.07) is 7.45. The van der Waals surface area contributed by atoms with Crippen molar-refractivity contribution in [2.24, 2.45) is 0 Å². The van der Waals surface area contributed by atoms with Gasteiger partial charge >= 0.3 is 0 Å². The molecule has 5 nitrogen and oxygen atoms in total. The highest BCUT2D eigenvalue weighted by Crippen LogP contribution is 2.18. The average molecular weight is 277 g/mol. The lowest BCUT2D eigenvalue weighted by Crippen LogP contribution is -2.42. The van der Waals surface area contributed by atoms with Crippen LogP contribution in [0.3, 0.4) is 0 Å². The number of hydrogen-bond donors (Lipinski definition) is 2. The van der Waals surface area contributed by atoms with Crippen LogP contribution in [0.1, 0.15) is 19.3 Å². The van der Waals surface area contributed by atoms with Gasteiger partial charge in [0, 0.05) is 19.3 Å². The van der Waals surface area contributed by atoms with Crippen molar-refractivity contribution >= 4 is 11.6 Å². The van der Waals surface area contributed by atoms with Gasteiger partial charge in [-0.3, -0.25) is 9.69 Å². The number of ether oxygens (including phenoxy) is 1. The Bertz CT molecular complexity index is 433. The maximum Gasteiger partial charge on any atom is 0.237 e. The molecule has 1 aliphatic heterocycles. The topological polar surface area (TPSA) is 67.6 Å². The number of likely N-dealkylation sites (tertiary alicyclic amines) is 1. The molecule has 1 aliphatic rings. The Kier molecular flexibility index (Phi) is 5.24. The van der Waals surface area contributed by atoms with Crippen LogP contribution in [-0.2, 0) is 4.79 Å². The first kappa shape index (κ1) is 14.7. The van der Waals surface area contributed by atoms with Crippen LogP contribution in [-0.4, -0.2) is 43.6 Å². The lowest BCUT2D eigenvalue weighted by molar-refractivity contribution is -0.125. The van der Waals surface area contributed by atoms with Crippen molar-refractivity contribution in [3.8, 4) is 5.75 Å². The molecule has 1 unspecified atom stereocenters. The Balaban J connectivity index is 1.70. The fourth-order valence-electron chi connectivity index (χ4n) is 2.58. The van der Waals surface area contributed by atoms with Crippen molar-refractivity contribution in [3.63, 3.8) is 0 Å². The highest BCUT2D eigenvalue weighted by atomic mass is 16.5. The number of likely N-dealkylation sites (N-methyl/N-ethyl adjacent to an activating group) is 1. The van der Waals surface area contributed by atoms with E-state index in [-0.39, 0.29) is 11.9 Å². The van der Waals surface area contributed by atoms with Crippen LogP contribution in [0.5, 0.6) is 5.75 Å². The zero-order valence-electron chi connectivity index (χ0n) is 12.0. The molecule has 0 radical (unpaired) electrons. The number of rotatable bonds is 6. The second-order valence-corrected chi connectivity index (χ2v) is 5.08. The van der Waals surface area contributed by atoms with E-state index < -0.39 is 0 Å². The molecule has 0 spiro atoms. The first-order valence-electron chi connectivity index (χ1n) is 7.14. The Morgan fingerprint density at radius 1 is 1.45 bits per heavy atom. The fraction of sp³-hybridized carbons (Fsp3) is 0.533. The number of carbonyl (C=O) groups is 1. The number of amides is 1. The van der Waals surface area contributed by atoms with Gasteiger partial charge in [-0.1, -0.05) is 0 Å². The third kappa shape index (κ3) is 3.87. The zero-order chi connectivity index (χ0) is 14.4. The summed E-state index contributed by atoms with van der Waals surface area (Å²) >= 11 is 0. The minimum absolute atomic E-state index is 0.0384. The zero-order valence-corrected chi connectivity index (χ0v) is 12.0. The molecule has 2 rings (SSSR count). The minimum atomic E-state index is 0.0384. The van der Waals surface area contributed by atoms with Gasteiger partial charge in [-0.2, -0.15) is 0 Å². The van der Waals surface area contributed by atoms with Gasteiger partial charge in [-0.25, -0.2) is 0 Å². The monoisotopic (exact) mass is 277 g/mol. The summed E-state index contributed by atoms with van der Waals surface area (Å²) in [6.07, 6.45) is 2.97. The highest BCUT2D eigenvalue weighted by molar-refractivity contribution is 5.81. The quantitative estimate of drug-likeness (QED) is 0.606. The number of anilines is 1. The summed E-state index contributed by atoms with van der Waals surface area (Å²) in [5.41, 5.74) is 6.36. The predicted molar refractivity (Wildman–Crippen MR) is 79.6 cm³/mol. The molecule has 1 amide bonds. The average Bonchev–Trinajstić information content (AvgIpc) is 2.93. The number of benzene rings is 1. The van der Waals surface area contributed by atoms with Crippen LogP contribution in [0.4, 0.5) is 5.69 Å². The van der Waals surface area contributed by atoms with Gasteiger partial charge in [0.25, 0.3) is 0 Å². The predicted octanol–water partition coefficient (Wildman–Crippen LogP) is 1.25. The molecule has 0 saturated carbocycles. The van der Waals surface area contributed by atoms with Crippen molar-refractivity contribution in [3.05, 3.63) is 24.3 Å². The number of hydrogen-bond acceptors (Lipinski definition) is 4. The van der Waals surface area contributed by atoms with E-state index >= 15 is 0 Å². The van der Waals surface area contributed by atoms with Gasteiger partial charge in [0.05, 0.1) is 12.6 Å². The maximum atomic E-state index is 11.7. The Hall–Kier alpha value is -1.75. The van der Waals surface area contributed by atoms with Crippen molar-refractivity contribution in [2.45, 2.75) is 25.3 Å². The Morgan fingerprint density at radius 2 is 2.20 bits per heavy atom. The summed E-state index contributed by atoms with van der Waals surface area (Å²) in [5, 5.41) is 2.73. The summed E-state index contributed by atoms with van der Waals surface area (Å²) in [7, 11) is 1.70. The molecule has 3 N–H and O–H groups in total. The molecule has 110 valence electrons. The third-order valence-electron chi connectivity index (χ3n) is 3.65. The minimum Gasteiger partial charge on any atom is -0.494 e. The first-order valence-corrected chi connectivity index (χ1v) is 7.14. The van der Waals surface area contributed by atoms with Gasteiger partial charge in [0.2, 0.25) is 5.91 Å². The summed E-state index contributed by atoms with van der Waals surface area (Å²) in [5.74, 6) is 0.963. The van der Waals surface area contributed by atoms with E-state index in [0.29, 0.717) is 6.61 Å². The molecule has 20 heavy (non-hydrogen) atoms. The summed E-state index contributed by atoms with van der Waals surface area (Å²) in [6.45, 7) is 2.55. The maximum absolute atomic E-state index is 11.7. The second-order valence-electron chi connectivity index (χ2n) is 5.08. The molecule has 1 heterocycles. The van der Waals surface area contributed by atoms with E-state index in [2.05, 4.69) is 10.2 Å². The smallest absolute Gasteiger partial charge is 0.237 e. The molecule has 0 aliphatic carbocycles. The van der Waals surface area contributed by atoms with E-state index in [9.17, 15) is 4.79 Å². The fourth-order valence-corrected chi connectivity index (χ4v) is 2.58. The molecule has 1 atom stereocenters. The second kappa shape index (κ2) is 7.14. The van der Waals surface area contributed by atoms with E-state index in [1.807, 2.05) is 24.3 Å². The van der Waals surface area contributed by atoms with Gasteiger partial charge in [0.1, 0.15) is 5.75 Å². The molecule has 5 heteroatoms. The van der Waals surface area contributed by atoms with Gasteiger partial charge in [0.15, 0.2) is 0 Å². The van der Waals surface area contributed by atoms with Crippen LogP contribution in [0.15, 0.2) is 24.3 Å². The third-order valence-corrected chi connectivity index (χ3v) is 3.65.